The van der Waals surface area contributed by atoms with E-state index in [1.165, 1.54) is 28.0 Å². The summed E-state index contributed by atoms with van der Waals surface area (Å²) >= 11 is 0. The number of allylic oxidation sites excluding steroid dienone is 2. The highest BCUT2D eigenvalue weighted by molar-refractivity contribution is 6.18. The molecular formula is C17H16N2O. The lowest BCUT2D eigenvalue weighted by Crippen LogP contribution is -2.37. The third kappa shape index (κ3) is 1.66. The summed E-state index contributed by atoms with van der Waals surface area (Å²) in [5.41, 5.74) is 7.59. The summed E-state index contributed by atoms with van der Waals surface area (Å²) in [5, 5.41) is 3.02. The fraction of sp³-hybridized carbons (Fsp3) is 0.294. The molecule has 0 spiro atoms. The van der Waals surface area contributed by atoms with Gasteiger partial charge in [0.05, 0.1) is 5.70 Å². The minimum absolute atomic E-state index is 0.0504. The third-order valence-electron chi connectivity index (χ3n) is 4.27. The minimum Gasteiger partial charge on any atom is -0.353 e. The molecule has 3 aliphatic rings. The molecule has 3 nitrogen and oxygen atoms in total. The van der Waals surface area contributed by atoms with Gasteiger partial charge in [-0.25, -0.2) is 0 Å². The summed E-state index contributed by atoms with van der Waals surface area (Å²) in [4.78, 5) is 16.0. The fourth-order valence-corrected chi connectivity index (χ4v) is 3.47. The van der Waals surface area contributed by atoms with Gasteiger partial charge in [-0.15, -0.1) is 0 Å². The van der Waals surface area contributed by atoms with Crippen LogP contribution in [0.3, 0.4) is 0 Å². The van der Waals surface area contributed by atoms with Crippen molar-refractivity contribution in [1.29, 1.82) is 0 Å². The molecule has 4 rings (SSSR count). The van der Waals surface area contributed by atoms with Crippen LogP contribution in [0.2, 0.25) is 0 Å². The van der Waals surface area contributed by atoms with E-state index in [-0.39, 0.29) is 11.9 Å². The molecule has 1 saturated carbocycles. The Labute approximate surface area is 118 Å². The molecule has 1 unspecified atom stereocenters. The highest BCUT2D eigenvalue weighted by Gasteiger charge is 2.33. The number of fused-ring (bicyclic) bond motifs is 4. The minimum atomic E-state index is 0.0504. The van der Waals surface area contributed by atoms with Crippen LogP contribution in [-0.2, 0) is 4.79 Å². The topological polar surface area (TPSA) is 41.5 Å². The van der Waals surface area contributed by atoms with Crippen LogP contribution < -0.4 is 5.32 Å². The second kappa shape index (κ2) is 4.17. The molecule has 0 aromatic heterocycles. The lowest BCUT2D eigenvalue weighted by molar-refractivity contribution is -0.119. The van der Waals surface area contributed by atoms with E-state index in [1.54, 1.807) is 6.92 Å². The Morgan fingerprint density at radius 3 is 3.05 bits per heavy atom. The van der Waals surface area contributed by atoms with Gasteiger partial charge in [0.15, 0.2) is 0 Å². The van der Waals surface area contributed by atoms with Gasteiger partial charge >= 0.3 is 0 Å². The van der Waals surface area contributed by atoms with E-state index in [1.807, 2.05) is 0 Å². The van der Waals surface area contributed by atoms with Gasteiger partial charge in [-0.3, -0.25) is 9.79 Å². The molecule has 20 heavy (non-hydrogen) atoms. The van der Waals surface area contributed by atoms with Crippen molar-refractivity contribution in [2.24, 2.45) is 4.99 Å². The zero-order valence-corrected chi connectivity index (χ0v) is 11.4. The first-order valence-electron chi connectivity index (χ1n) is 7.12. The summed E-state index contributed by atoms with van der Waals surface area (Å²) in [6.07, 6.45) is 5.05. The van der Waals surface area contributed by atoms with Crippen molar-refractivity contribution in [1.82, 2.24) is 5.32 Å². The van der Waals surface area contributed by atoms with Crippen molar-refractivity contribution in [3.05, 3.63) is 46.7 Å². The monoisotopic (exact) mass is 264 g/mol. The van der Waals surface area contributed by atoms with E-state index in [0.717, 1.165) is 25.0 Å². The van der Waals surface area contributed by atoms with E-state index >= 15 is 0 Å². The van der Waals surface area contributed by atoms with Crippen LogP contribution in [0.5, 0.6) is 0 Å². The largest absolute Gasteiger partial charge is 0.353 e. The molecule has 1 aromatic rings. The highest BCUT2D eigenvalue weighted by Crippen LogP contribution is 2.45. The van der Waals surface area contributed by atoms with Crippen molar-refractivity contribution in [2.45, 2.75) is 32.2 Å². The van der Waals surface area contributed by atoms with Crippen molar-refractivity contribution in [3.8, 4) is 0 Å². The number of hydrogen-bond donors (Lipinski definition) is 1. The fourth-order valence-electron chi connectivity index (χ4n) is 3.47. The van der Waals surface area contributed by atoms with Crippen LogP contribution in [0.25, 0.3) is 11.6 Å². The van der Waals surface area contributed by atoms with Gasteiger partial charge in [0, 0.05) is 30.7 Å². The Morgan fingerprint density at radius 1 is 1.35 bits per heavy atom. The molecule has 1 fully saturated rings. The summed E-state index contributed by atoms with van der Waals surface area (Å²) < 4.78 is 0. The van der Waals surface area contributed by atoms with Gasteiger partial charge in [0.1, 0.15) is 0 Å². The molecule has 0 saturated heterocycles. The SMILES string of the molecule is CC(=O)NC1CCC2=C3C(=Cc4ccccc43)N=C2C1. The molecule has 1 N–H and O–H groups in total. The smallest absolute Gasteiger partial charge is 0.217 e. The predicted molar refractivity (Wildman–Crippen MR) is 80.2 cm³/mol. The first-order chi connectivity index (χ1) is 9.72. The molecule has 1 heterocycles. The summed E-state index contributed by atoms with van der Waals surface area (Å²) in [6, 6.07) is 8.72. The molecule has 1 amide bonds. The lowest BCUT2D eigenvalue weighted by Gasteiger charge is -2.25. The van der Waals surface area contributed by atoms with E-state index in [2.05, 4.69) is 35.7 Å². The normalized spacial score (nSPS) is 22.8. The number of nitrogens with one attached hydrogen (secondary N) is 1. The molecule has 1 atom stereocenters. The number of aliphatic imine (C=N–C) groups is 1. The summed E-state index contributed by atoms with van der Waals surface area (Å²) in [5.74, 6) is 0.0504. The van der Waals surface area contributed by atoms with E-state index in [9.17, 15) is 4.79 Å². The van der Waals surface area contributed by atoms with Crippen LogP contribution in [-0.4, -0.2) is 17.7 Å². The van der Waals surface area contributed by atoms with Gasteiger partial charge in [-0.2, -0.15) is 0 Å². The van der Waals surface area contributed by atoms with Gasteiger partial charge < -0.3 is 5.32 Å². The van der Waals surface area contributed by atoms with Crippen LogP contribution >= 0.6 is 0 Å². The molecule has 0 radical (unpaired) electrons. The van der Waals surface area contributed by atoms with E-state index < -0.39 is 0 Å². The number of carbonyl (C=O) groups is 1. The highest BCUT2D eigenvalue weighted by atomic mass is 16.1. The predicted octanol–water partition coefficient (Wildman–Crippen LogP) is 2.94. The Kier molecular flexibility index (Phi) is 2.43. The Balaban J connectivity index is 1.70. The van der Waals surface area contributed by atoms with Crippen LogP contribution in [0.1, 0.15) is 37.3 Å². The lowest BCUT2D eigenvalue weighted by atomic mass is 9.86. The number of carbonyl (C=O) groups excluding carboxylic acids is 1. The third-order valence-corrected chi connectivity index (χ3v) is 4.27. The Hall–Kier alpha value is -2.16. The zero-order valence-electron chi connectivity index (χ0n) is 11.4. The molecular weight excluding hydrogens is 248 g/mol. The van der Waals surface area contributed by atoms with Gasteiger partial charge in [0.2, 0.25) is 5.91 Å². The molecule has 1 aliphatic heterocycles. The second-order valence-electron chi connectivity index (χ2n) is 5.67. The second-order valence-corrected chi connectivity index (χ2v) is 5.67. The Bertz CT molecular complexity index is 709. The van der Waals surface area contributed by atoms with Crippen molar-refractivity contribution < 1.29 is 4.79 Å². The molecule has 2 aliphatic carbocycles. The van der Waals surface area contributed by atoms with Crippen LogP contribution in [0.15, 0.2) is 40.5 Å². The number of hydrogen-bond acceptors (Lipinski definition) is 2. The first-order valence-corrected chi connectivity index (χ1v) is 7.12. The molecule has 0 bridgehead atoms. The van der Waals surface area contributed by atoms with Crippen molar-refractivity contribution in [2.75, 3.05) is 0 Å². The summed E-state index contributed by atoms with van der Waals surface area (Å²) in [7, 11) is 0. The van der Waals surface area contributed by atoms with Crippen molar-refractivity contribution >= 4 is 23.3 Å². The van der Waals surface area contributed by atoms with Gasteiger partial charge in [-0.05, 0) is 35.6 Å². The first kappa shape index (κ1) is 11.6. The number of amides is 1. The number of rotatable bonds is 1. The molecule has 3 heteroatoms. The molecule has 1 aromatic carbocycles. The average molecular weight is 264 g/mol. The summed E-state index contributed by atoms with van der Waals surface area (Å²) in [6.45, 7) is 1.58. The number of benzene rings is 1. The van der Waals surface area contributed by atoms with Crippen LogP contribution in [0.4, 0.5) is 0 Å². The maximum absolute atomic E-state index is 11.2. The van der Waals surface area contributed by atoms with Crippen LogP contribution in [0, 0.1) is 0 Å². The van der Waals surface area contributed by atoms with Gasteiger partial charge in [-0.1, -0.05) is 24.3 Å². The standard InChI is InChI=1S/C17H16N2O/c1-10(20)18-12-6-7-14-15(9-12)19-16-8-11-4-2-3-5-13(11)17(14)16/h2-5,8,12H,6-7,9H2,1H3,(H,18,20). The van der Waals surface area contributed by atoms with Crippen molar-refractivity contribution in [3.63, 3.8) is 0 Å². The maximum Gasteiger partial charge on any atom is 0.217 e. The van der Waals surface area contributed by atoms with Gasteiger partial charge in [0.25, 0.3) is 0 Å². The Morgan fingerprint density at radius 2 is 2.20 bits per heavy atom. The molecule has 100 valence electrons. The maximum atomic E-state index is 11.2. The number of nitrogens with zero attached hydrogens (tertiary/aromatic N) is 1. The van der Waals surface area contributed by atoms with E-state index in [4.69, 9.17) is 4.99 Å². The quantitative estimate of drug-likeness (QED) is 0.832. The van der Waals surface area contributed by atoms with E-state index in [0.29, 0.717) is 0 Å². The average Bonchev–Trinajstić information content (AvgIpc) is 2.92. The zero-order chi connectivity index (χ0) is 13.7.